The molecule has 3 aromatic rings. The number of nitriles is 1. The molecule has 0 saturated carbocycles. The van der Waals surface area contributed by atoms with E-state index in [1.165, 1.54) is 15.4 Å². The summed E-state index contributed by atoms with van der Waals surface area (Å²) in [5, 5.41) is 11.9. The molecule has 0 spiro atoms. The number of allylic oxidation sites excluding steroid dienone is 1. The van der Waals surface area contributed by atoms with E-state index in [2.05, 4.69) is 23.6 Å². The van der Waals surface area contributed by atoms with Crippen molar-refractivity contribution >= 4 is 39.8 Å². The second-order valence-electron chi connectivity index (χ2n) is 6.34. The van der Waals surface area contributed by atoms with Crippen LogP contribution in [-0.2, 0) is 6.42 Å². The van der Waals surface area contributed by atoms with Gasteiger partial charge in [-0.25, -0.2) is 4.98 Å². The van der Waals surface area contributed by atoms with Gasteiger partial charge in [-0.15, -0.1) is 11.3 Å². The molecule has 0 saturated heterocycles. The summed E-state index contributed by atoms with van der Waals surface area (Å²) in [5.41, 5.74) is 4.61. The average molecular weight is 359 g/mol. The summed E-state index contributed by atoms with van der Waals surface area (Å²) in [5.74, 6) is -0.112. The number of benzene rings is 1. The van der Waals surface area contributed by atoms with E-state index < -0.39 is 0 Å². The van der Waals surface area contributed by atoms with Gasteiger partial charge in [-0.05, 0) is 47.6 Å². The van der Waals surface area contributed by atoms with Crippen molar-refractivity contribution in [3.63, 3.8) is 0 Å². The maximum absolute atomic E-state index is 13.1. The van der Waals surface area contributed by atoms with Crippen LogP contribution in [0.3, 0.4) is 0 Å². The van der Waals surface area contributed by atoms with Crippen LogP contribution in [0.15, 0.2) is 41.8 Å². The van der Waals surface area contributed by atoms with Gasteiger partial charge in [0, 0.05) is 17.3 Å². The number of thiophene rings is 1. The Morgan fingerprint density at radius 1 is 1.31 bits per heavy atom. The fourth-order valence-corrected chi connectivity index (χ4v) is 4.12. The number of hydrogen-bond donors (Lipinski definition) is 0. The minimum absolute atomic E-state index is 0.0716. The summed E-state index contributed by atoms with van der Waals surface area (Å²) < 4.78 is 0. The van der Waals surface area contributed by atoms with Crippen molar-refractivity contribution in [3.05, 3.63) is 63.5 Å². The standard InChI is InChI=1S/C21H17N3OS/c1-24(11-10-22)21(25)19-16-6-2-3-7-18(16)23-20-14(8-9-17(19)20)13-15-5-4-12-26-15/h2-7,12-13H,8-9,11H2,1H3/b14-13-. The van der Waals surface area contributed by atoms with Gasteiger partial charge in [-0.2, -0.15) is 5.26 Å². The fourth-order valence-electron chi connectivity index (χ4n) is 3.44. The summed E-state index contributed by atoms with van der Waals surface area (Å²) in [4.78, 5) is 20.6. The van der Waals surface area contributed by atoms with E-state index in [0.29, 0.717) is 5.56 Å². The molecule has 0 aliphatic heterocycles. The summed E-state index contributed by atoms with van der Waals surface area (Å²) >= 11 is 1.69. The Morgan fingerprint density at radius 2 is 2.15 bits per heavy atom. The normalized spacial score (nSPS) is 14.4. The van der Waals surface area contributed by atoms with Gasteiger partial charge >= 0.3 is 0 Å². The SMILES string of the molecule is CN(CC#N)C(=O)c1c2c(nc3ccccc13)/C(=C\c1cccs1)CC2. The van der Waals surface area contributed by atoms with Crippen LogP contribution >= 0.6 is 11.3 Å². The fraction of sp³-hybridized carbons (Fsp3) is 0.190. The van der Waals surface area contributed by atoms with Crippen molar-refractivity contribution in [1.82, 2.24) is 9.88 Å². The molecule has 0 radical (unpaired) electrons. The van der Waals surface area contributed by atoms with Gasteiger partial charge in [0.1, 0.15) is 6.54 Å². The molecule has 2 aromatic heterocycles. The molecule has 1 aromatic carbocycles. The number of para-hydroxylation sites is 1. The quantitative estimate of drug-likeness (QED) is 0.652. The first kappa shape index (κ1) is 16.5. The Hall–Kier alpha value is -2.97. The van der Waals surface area contributed by atoms with E-state index in [-0.39, 0.29) is 12.5 Å². The van der Waals surface area contributed by atoms with Gasteiger partial charge in [-0.1, -0.05) is 24.3 Å². The monoisotopic (exact) mass is 359 g/mol. The van der Waals surface area contributed by atoms with Crippen LogP contribution in [0.25, 0.3) is 22.6 Å². The molecule has 0 bridgehead atoms. The third kappa shape index (κ3) is 2.79. The van der Waals surface area contributed by atoms with E-state index in [0.717, 1.165) is 35.0 Å². The predicted octanol–water partition coefficient (Wildman–Crippen LogP) is 4.38. The molecule has 0 fully saturated rings. The summed E-state index contributed by atoms with van der Waals surface area (Å²) in [7, 11) is 1.67. The lowest BCUT2D eigenvalue weighted by Gasteiger charge is -2.17. The second-order valence-corrected chi connectivity index (χ2v) is 7.31. The number of pyridine rings is 1. The first-order chi connectivity index (χ1) is 12.7. The number of fused-ring (bicyclic) bond motifs is 2. The highest BCUT2D eigenvalue weighted by Gasteiger charge is 2.28. The molecular formula is C21H17N3OS. The highest BCUT2D eigenvalue weighted by atomic mass is 32.1. The number of aromatic nitrogens is 1. The van der Waals surface area contributed by atoms with E-state index in [9.17, 15) is 4.79 Å². The topological polar surface area (TPSA) is 57.0 Å². The molecule has 0 unspecified atom stereocenters. The van der Waals surface area contributed by atoms with E-state index in [1.807, 2.05) is 30.3 Å². The van der Waals surface area contributed by atoms with Crippen LogP contribution in [0.1, 0.15) is 32.9 Å². The number of carbonyl (C=O) groups excluding carboxylic acids is 1. The van der Waals surface area contributed by atoms with Gasteiger partial charge in [0.2, 0.25) is 0 Å². The molecule has 0 N–H and O–H groups in total. The number of hydrogen-bond acceptors (Lipinski definition) is 4. The molecule has 2 heterocycles. The number of rotatable bonds is 3. The Kier molecular flexibility index (Phi) is 4.27. The van der Waals surface area contributed by atoms with E-state index in [1.54, 1.807) is 18.4 Å². The Bertz CT molecular complexity index is 1060. The zero-order valence-corrected chi connectivity index (χ0v) is 15.2. The lowest BCUT2D eigenvalue weighted by Crippen LogP contribution is -2.28. The third-order valence-electron chi connectivity index (χ3n) is 4.67. The third-order valence-corrected chi connectivity index (χ3v) is 5.49. The van der Waals surface area contributed by atoms with Crippen LogP contribution in [0.4, 0.5) is 0 Å². The lowest BCUT2D eigenvalue weighted by atomic mass is 9.99. The Morgan fingerprint density at radius 3 is 2.92 bits per heavy atom. The molecule has 1 amide bonds. The van der Waals surface area contributed by atoms with Gasteiger partial charge in [0.15, 0.2) is 0 Å². The molecule has 0 atom stereocenters. The number of nitrogens with zero attached hydrogens (tertiary/aromatic N) is 3. The smallest absolute Gasteiger partial charge is 0.255 e. The van der Waals surface area contributed by atoms with Crippen LogP contribution in [-0.4, -0.2) is 29.4 Å². The molecule has 1 aliphatic carbocycles. The first-order valence-corrected chi connectivity index (χ1v) is 9.35. The number of amides is 1. The minimum Gasteiger partial charge on any atom is -0.328 e. The Labute approximate surface area is 156 Å². The average Bonchev–Trinajstić information content (AvgIpc) is 3.30. The molecule has 128 valence electrons. The van der Waals surface area contributed by atoms with Gasteiger partial charge in [0.25, 0.3) is 5.91 Å². The van der Waals surface area contributed by atoms with Crippen molar-refractivity contribution < 1.29 is 4.79 Å². The molecule has 4 nitrogen and oxygen atoms in total. The molecule has 5 heteroatoms. The van der Waals surface area contributed by atoms with Crippen LogP contribution in [0.2, 0.25) is 0 Å². The predicted molar refractivity (Wildman–Crippen MR) is 105 cm³/mol. The van der Waals surface area contributed by atoms with Gasteiger partial charge < -0.3 is 4.90 Å². The first-order valence-electron chi connectivity index (χ1n) is 8.47. The number of carbonyl (C=O) groups is 1. The maximum atomic E-state index is 13.1. The Balaban J connectivity index is 1.92. The largest absolute Gasteiger partial charge is 0.328 e. The summed E-state index contributed by atoms with van der Waals surface area (Å²) in [6.45, 7) is 0.0716. The lowest BCUT2D eigenvalue weighted by molar-refractivity contribution is 0.0813. The van der Waals surface area contributed by atoms with E-state index >= 15 is 0 Å². The summed E-state index contributed by atoms with van der Waals surface area (Å²) in [6, 6.07) is 13.9. The van der Waals surface area contributed by atoms with Crippen molar-refractivity contribution in [3.8, 4) is 6.07 Å². The van der Waals surface area contributed by atoms with Crippen LogP contribution < -0.4 is 0 Å². The maximum Gasteiger partial charge on any atom is 0.255 e. The van der Waals surface area contributed by atoms with Crippen LogP contribution in [0, 0.1) is 11.3 Å². The zero-order chi connectivity index (χ0) is 18.1. The minimum atomic E-state index is -0.112. The van der Waals surface area contributed by atoms with Gasteiger partial charge in [-0.3, -0.25) is 4.79 Å². The highest BCUT2D eigenvalue weighted by molar-refractivity contribution is 7.10. The molecule has 1 aliphatic rings. The molecular weight excluding hydrogens is 342 g/mol. The zero-order valence-electron chi connectivity index (χ0n) is 14.4. The van der Waals surface area contributed by atoms with Crippen molar-refractivity contribution in [2.45, 2.75) is 12.8 Å². The van der Waals surface area contributed by atoms with Crippen molar-refractivity contribution in [2.24, 2.45) is 0 Å². The van der Waals surface area contributed by atoms with Crippen molar-refractivity contribution in [2.75, 3.05) is 13.6 Å². The second kappa shape index (κ2) is 6.74. The van der Waals surface area contributed by atoms with Crippen molar-refractivity contribution in [1.29, 1.82) is 5.26 Å². The highest BCUT2D eigenvalue weighted by Crippen LogP contribution is 2.38. The molecule has 26 heavy (non-hydrogen) atoms. The van der Waals surface area contributed by atoms with Gasteiger partial charge in [0.05, 0.1) is 22.8 Å². The van der Waals surface area contributed by atoms with Crippen LogP contribution in [0.5, 0.6) is 0 Å². The summed E-state index contributed by atoms with van der Waals surface area (Å²) in [6.07, 6.45) is 3.84. The molecule has 4 rings (SSSR count). The van der Waals surface area contributed by atoms with E-state index in [4.69, 9.17) is 10.2 Å².